The molecule has 104 valence electrons. The summed E-state index contributed by atoms with van der Waals surface area (Å²) in [5, 5.41) is 28.7. The van der Waals surface area contributed by atoms with Gasteiger partial charge >= 0.3 is 0 Å². The molecule has 0 atom stereocenters. The van der Waals surface area contributed by atoms with Crippen LogP contribution in [0.25, 0.3) is 43.1 Å². The van der Waals surface area contributed by atoms with Crippen molar-refractivity contribution in [2.45, 2.75) is 0 Å². The maximum atomic E-state index is 10.2. The zero-order chi connectivity index (χ0) is 14.8. The van der Waals surface area contributed by atoms with Crippen LogP contribution in [0.3, 0.4) is 0 Å². The number of hydrogen-bond donors (Lipinski definition) is 2. The molecule has 0 fully saturated rings. The number of fused-ring (bicyclic) bond motifs is 2. The summed E-state index contributed by atoms with van der Waals surface area (Å²) in [7, 11) is 0. The van der Waals surface area contributed by atoms with Crippen LogP contribution in [-0.4, -0.2) is 10.2 Å². The maximum absolute atomic E-state index is 10.2. The molecule has 0 spiro atoms. The van der Waals surface area contributed by atoms with E-state index in [9.17, 15) is 10.2 Å². The Labute approximate surface area is 126 Å². The van der Waals surface area contributed by atoms with Crippen LogP contribution >= 0.6 is 0 Å². The number of hydrogen-bond acceptors (Lipinski definition) is 2. The molecule has 2 nitrogen and oxygen atoms in total. The van der Waals surface area contributed by atoms with E-state index in [0.717, 1.165) is 16.2 Å². The van der Waals surface area contributed by atoms with Crippen LogP contribution < -0.4 is 0 Å². The van der Waals surface area contributed by atoms with E-state index < -0.39 is 0 Å². The smallest absolute Gasteiger partial charge is 0.165 e. The topological polar surface area (TPSA) is 40.5 Å². The Bertz CT molecular complexity index is 1170. The quantitative estimate of drug-likeness (QED) is 0.235. The molecule has 5 aromatic carbocycles. The fourth-order valence-corrected chi connectivity index (χ4v) is 3.59. The number of benzene rings is 5. The summed E-state index contributed by atoms with van der Waals surface area (Å²) < 4.78 is 0. The molecular weight excluding hydrogens is 276 g/mol. The van der Waals surface area contributed by atoms with Crippen molar-refractivity contribution in [2.75, 3.05) is 0 Å². The van der Waals surface area contributed by atoms with E-state index in [-0.39, 0.29) is 11.5 Å². The lowest BCUT2D eigenvalue weighted by atomic mass is 9.98. The first-order chi connectivity index (χ1) is 10.7. The normalized spacial score (nSPS) is 12.0. The highest BCUT2D eigenvalue weighted by Crippen LogP contribution is 2.42. The highest BCUT2D eigenvalue weighted by molar-refractivity contribution is 6.29. The minimum atomic E-state index is -0.0830. The Kier molecular flexibility index (Phi) is 2.01. The standard InChI is InChI=1S/C20H12O2/c21-17-9-8-14-15-7-6-12-3-1-2-11-4-5-13(19(15)18(11)12)10-16(14)20(17)22/h1-10,21-22H/i4+1,5+1,6+1,7+1. The fraction of sp³-hybridized carbons (Fsp3) is 0. The minimum absolute atomic E-state index is 0.0528. The summed E-state index contributed by atoms with van der Waals surface area (Å²) in [5.74, 6) is -0.136. The molecule has 22 heavy (non-hydrogen) atoms. The fourth-order valence-electron chi connectivity index (χ4n) is 3.59. The van der Waals surface area contributed by atoms with E-state index in [1.807, 2.05) is 12.1 Å². The molecule has 0 amide bonds. The van der Waals surface area contributed by atoms with Crippen LogP contribution in [0.15, 0.2) is 60.7 Å². The zero-order valence-corrected chi connectivity index (χ0v) is 11.7. The van der Waals surface area contributed by atoms with Gasteiger partial charge in [-0.05, 0) is 55.9 Å². The molecule has 5 aromatic rings. The minimum Gasteiger partial charge on any atom is -0.504 e. The summed E-state index contributed by atoms with van der Waals surface area (Å²) in [6.45, 7) is 0. The second-order valence-corrected chi connectivity index (χ2v) is 5.76. The van der Waals surface area contributed by atoms with E-state index in [4.69, 9.17) is 0 Å². The Balaban J connectivity index is 2.18. The van der Waals surface area contributed by atoms with E-state index in [0.29, 0.717) is 5.39 Å². The van der Waals surface area contributed by atoms with Crippen molar-refractivity contribution < 1.29 is 10.2 Å². The highest BCUT2D eigenvalue weighted by atomic mass is 16.3. The third-order valence-electron chi connectivity index (χ3n) is 4.59. The average molecular weight is 288 g/mol. The molecule has 0 aliphatic carbocycles. The lowest BCUT2D eigenvalue weighted by Crippen LogP contribution is -1.86. The molecule has 0 radical (unpaired) electrons. The van der Waals surface area contributed by atoms with Gasteiger partial charge in [-0.1, -0.05) is 42.5 Å². The molecule has 2 N–H and O–H groups in total. The first-order valence-electron chi connectivity index (χ1n) is 7.25. The summed E-state index contributed by atoms with van der Waals surface area (Å²) in [4.78, 5) is 0. The Morgan fingerprint density at radius 1 is 0.545 bits per heavy atom. The van der Waals surface area contributed by atoms with Crippen molar-refractivity contribution >= 4 is 43.1 Å². The van der Waals surface area contributed by atoms with Gasteiger partial charge in [0.25, 0.3) is 0 Å². The largest absolute Gasteiger partial charge is 0.504 e. The molecular formula is C20H12O2. The number of phenols is 2. The van der Waals surface area contributed by atoms with Crippen molar-refractivity contribution in [3.8, 4) is 11.5 Å². The molecule has 0 aromatic heterocycles. The number of aromatic hydroxyl groups is 2. The predicted molar refractivity (Wildman–Crippen MR) is 91.0 cm³/mol. The third kappa shape index (κ3) is 1.29. The van der Waals surface area contributed by atoms with Crippen molar-refractivity contribution in [2.24, 2.45) is 0 Å². The number of rotatable bonds is 0. The molecule has 0 aliphatic rings. The average Bonchev–Trinajstić information content (AvgIpc) is 2.56. The first-order valence-corrected chi connectivity index (χ1v) is 7.25. The molecule has 0 saturated carbocycles. The van der Waals surface area contributed by atoms with E-state index in [1.165, 1.54) is 21.5 Å². The van der Waals surface area contributed by atoms with Crippen LogP contribution in [0.1, 0.15) is 0 Å². The van der Waals surface area contributed by atoms with Crippen LogP contribution in [0.4, 0.5) is 0 Å². The monoisotopic (exact) mass is 288 g/mol. The van der Waals surface area contributed by atoms with Gasteiger partial charge in [0.05, 0.1) is 0 Å². The summed E-state index contributed by atoms with van der Waals surface area (Å²) in [5.41, 5.74) is 0. The van der Waals surface area contributed by atoms with Crippen LogP contribution in [0.2, 0.25) is 0 Å². The van der Waals surface area contributed by atoms with E-state index in [1.54, 1.807) is 6.07 Å². The lowest BCUT2D eigenvalue weighted by Gasteiger charge is -2.13. The molecule has 2 heteroatoms. The molecule has 0 unspecified atom stereocenters. The van der Waals surface area contributed by atoms with Crippen LogP contribution in [0, 0.1) is 0 Å². The molecule has 0 aliphatic heterocycles. The van der Waals surface area contributed by atoms with Crippen molar-refractivity contribution in [3.05, 3.63) is 60.7 Å². The van der Waals surface area contributed by atoms with Gasteiger partial charge in [-0.25, -0.2) is 0 Å². The lowest BCUT2D eigenvalue weighted by molar-refractivity contribution is 0.408. The van der Waals surface area contributed by atoms with Gasteiger partial charge in [0, 0.05) is 5.39 Å². The van der Waals surface area contributed by atoms with Crippen molar-refractivity contribution in [3.63, 3.8) is 0 Å². The summed E-state index contributed by atoms with van der Waals surface area (Å²) in [6.07, 6.45) is 0. The SMILES string of the molecule is Oc1ccc2c(cc3[13cH][13cH]c4cccc5[13cH][13cH]c2c3c45)c1O. The first kappa shape index (κ1) is 11.6. The van der Waals surface area contributed by atoms with Gasteiger partial charge < -0.3 is 10.2 Å². The molecule has 0 bridgehead atoms. The summed E-state index contributed by atoms with van der Waals surface area (Å²) in [6, 6.07) is 20.1. The highest BCUT2D eigenvalue weighted by Gasteiger charge is 2.13. The van der Waals surface area contributed by atoms with Gasteiger partial charge in [0.1, 0.15) is 0 Å². The maximum Gasteiger partial charge on any atom is 0.165 e. The molecule has 0 heterocycles. The van der Waals surface area contributed by atoms with Crippen LogP contribution in [0.5, 0.6) is 11.5 Å². The Hall–Kier alpha value is -3.00. The van der Waals surface area contributed by atoms with Crippen molar-refractivity contribution in [1.29, 1.82) is 0 Å². The van der Waals surface area contributed by atoms with Gasteiger partial charge in [-0.15, -0.1) is 0 Å². The van der Waals surface area contributed by atoms with E-state index >= 15 is 0 Å². The Morgan fingerprint density at radius 2 is 1.23 bits per heavy atom. The molecule has 0 saturated heterocycles. The van der Waals surface area contributed by atoms with Gasteiger partial charge in [0.15, 0.2) is 11.5 Å². The second kappa shape index (κ2) is 3.80. The number of phenolic OH excluding ortho intramolecular Hbond substituents is 2. The second-order valence-electron chi connectivity index (χ2n) is 5.76. The van der Waals surface area contributed by atoms with Gasteiger partial charge in [-0.2, -0.15) is 0 Å². The zero-order valence-electron chi connectivity index (χ0n) is 11.7. The third-order valence-corrected chi connectivity index (χ3v) is 4.59. The predicted octanol–water partition coefficient (Wildman–Crippen LogP) is 5.15. The van der Waals surface area contributed by atoms with Gasteiger partial charge in [-0.3, -0.25) is 0 Å². The Morgan fingerprint density at radius 3 is 2.05 bits per heavy atom. The van der Waals surface area contributed by atoms with Gasteiger partial charge in [0.2, 0.25) is 0 Å². The summed E-state index contributed by atoms with van der Waals surface area (Å²) >= 11 is 0. The van der Waals surface area contributed by atoms with E-state index in [2.05, 4.69) is 42.5 Å². The van der Waals surface area contributed by atoms with Crippen molar-refractivity contribution in [1.82, 2.24) is 0 Å². The van der Waals surface area contributed by atoms with Crippen LogP contribution in [-0.2, 0) is 0 Å². The molecule has 5 rings (SSSR count).